The molecule has 25 heavy (non-hydrogen) atoms. The number of nitrogens with two attached hydrogens (primary N) is 2. The van der Waals surface area contributed by atoms with Crippen molar-refractivity contribution < 1.29 is 27.4 Å². The number of alkyl halides is 3. The van der Waals surface area contributed by atoms with Gasteiger partial charge in [0.2, 0.25) is 0 Å². The maximum Gasteiger partial charge on any atom is 0.437 e. The van der Waals surface area contributed by atoms with Gasteiger partial charge in [0.15, 0.2) is 5.96 Å². The van der Waals surface area contributed by atoms with Crippen molar-refractivity contribution in [2.24, 2.45) is 16.5 Å². The highest BCUT2D eigenvalue weighted by Gasteiger charge is 2.35. The molecule has 1 amide bonds. The van der Waals surface area contributed by atoms with Crippen LogP contribution in [-0.4, -0.2) is 17.0 Å². The second-order valence-corrected chi connectivity index (χ2v) is 4.71. The number of aromatic nitrogens is 1. The number of halogens is 3. The standard InChI is InChI=1S/C15H13F3N4O3/c16-15(17,18)11-6-9(8-24-14(23)22-13(19)20)3-4-12(11)25-10-2-1-5-21-7-10/h1-7H,8H2,(H4,19,20,22,23). The van der Waals surface area contributed by atoms with Crippen LogP contribution in [0.1, 0.15) is 11.1 Å². The van der Waals surface area contributed by atoms with Crippen molar-refractivity contribution in [2.45, 2.75) is 12.8 Å². The van der Waals surface area contributed by atoms with Gasteiger partial charge in [0, 0.05) is 6.20 Å². The van der Waals surface area contributed by atoms with Gasteiger partial charge in [0.25, 0.3) is 0 Å². The number of guanidine groups is 1. The van der Waals surface area contributed by atoms with Crippen molar-refractivity contribution >= 4 is 12.1 Å². The number of amides is 1. The van der Waals surface area contributed by atoms with Crippen molar-refractivity contribution in [3.8, 4) is 11.5 Å². The van der Waals surface area contributed by atoms with E-state index in [1.54, 1.807) is 0 Å². The minimum atomic E-state index is -4.67. The number of hydrogen-bond acceptors (Lipinski definition) is 4. The van der Waals surface area contributed by atoms with Gasteiger partial charge in [-0.2, -0.15) is 13.2 Å². The summed E-state index contributed by atoms with van der Waals surface area (Å²) in [7, 11) is 0. The van der Waals surface area contributed by atoms with Gasteiger partial charge < -0.3 is 20.9 Å². The molecular formula is C15H13F3N4O3. The van der Waals surface area contributed by atoms with Gasteiger partial charge in [-0.25, -0.2) is 4.79 Å². The molecule has 2 rings (SSSR count). The second kappa shape index (κ2) is 7.51. The van der Waals surface area contributed by atoms with Crippen molar-refractivity contribution in [3.63, 3.8) is 0 Å². The van der Waals surface area contributed by atoms with Gasteiger partial charge in [-0.3, -0.25) is 4.98 Å². The fourth-order valence-electron chi connectivity index (χ4n) is 1.79. The molecule has 2 aromatic rings. The van der Waals surface area contributed by atoms with E-state index in [1.165, 1.54) is 30.6 Å². The quantitative estimate of drug-likeness (QED) is 0.645. The van der Waals surface area contributed by atoms with Crippen LogP contribution in [0.3, 0.4) is 0 Å². The Kier molecular flexibility index (Phi) is 5.42. The summed E-state index contributed by atoms with van der Waals surface area (Å²) in [6, 6.07) is 6.26. The summed E-state index contributed by atoms with van der Waals surface area (Å²) in [5.74, 6) is -0.763. The van der Waals surface area contributed by atoms with Gasteiger partial charge in [0.05, 0.1) is 11.8 Å². The first kappa shape index (κ1) is 18.0. The van der Waals surface area contributed by atoms with Crippen LogP contribution in [0.15, 0.2) is 47.7 Å². The highest BCUT2D eigenvalue weighted by atomic mass is 19.4. The lowest BCUT2D eigenvalue weighted by atomic mass is 10.1. The number of carbonyl (C=O) groups excluding carboxylic acids is 1. The molecular weight excluding hydrogens is 341 g/mol. The fraction of sp³-hybridized carbons (Fsp3) is 0.133. The third kappa shape index (κ3) is 5.37. The van der Waals surface area contributed by atoms with Crippen LogP contribution in [0, 0.1) is 0 Å². The number of carbonyl (C=O) groups is 1. The van der Waals surface area contributed by atoms with Crippen LogP contribution >= 0.6 is 0 Å². The third-order valence-electron chi connectivity index (χ3n) is 2.79. The lowest BCUT2D eigenvalue weighted by Gasteiger charge is -2.15. The van der Waals surface area contributed by atoms with Gasteiger partial charge >= 0.3 is 12.3 Å². The zero-order valence-corrected chi connectivity index (χ0v) is 12.7. The molecule has 0 atom stereocenters. The predicted octanol–water partition coefficient (Wildman–Crippen LogP) is 2.80. The number of rotatable bonds is 4. The first-order chi connectivity index (χ1) is 11.8. The first-order valence-electron chi connectivity index (χ1n) is 6.80. The normalized spacial score (nSPS) is 10.8. The molecule has 0 radical (unpaired) electrons. The molecule has 0 aliphatic rings. The summed E-state index contributed by atoms with van der Waals surface area (Å²) in [5, 5.41) is 0. The minimum Gasteiger partial charge on any atom is -0.455 e. The van der Waals surface area contributed by atoms with Crippen LogP contribution in [0.4, 0.5) is 18.0 Å². The molecule has 1 aromatic carbocycles. The highest BCUT2D eigenvalue weighted by molar-refractivity contribution is 5.87. The maximum atomic E-state index is 13.2. The molecule has 0 spiro atoms. The van der Waals surface area contributed by atoms with Crippen molar-refractivity contribution in [2.75, 3.05) is 0 Å². The molecule has 4 N–H and O–H groups in total. The monoisotopic (exact) mass is 354 g/mol. The maximum absolute atomic E-state index is 13.2. The molecule has 0 bridgehead atoms. The number of hydrogen-bond donors (Lipinski definition) is 2. The van der Waals surface area contributed by atoms with Crippen LogP contribution in [0.5, 0.6) is 11.5 Å². The van der Waals surface area contributed by atoms with E-state index in [4.69, 9.17) is 16.2 Å². The Bertz CT molecular complexity index is 775. The Balaban J connectivity index is 2.22. The molecule has 0 unspecified atom stereocenters. The lowest BCUT2D eigenvalue weighted by molar-refractivity contribution is -0.138. The molecule has 0 fully saturated rings. The third-order valence-corrected chi connectivity index (χ3v) is 2.79. The number of benzene rings is 1. The van der Waals surface area contributed by atoms with Gasteiger partial charge in [0.1, 0.15) is 18.1 Å². The molecule has 0 aliphatic carbocycles. The SMILES string of the molecule is NC(N)=NC(=O)OCc1ccc(Oc2cccnc2)c(C(F)(F)F)c1. The Morgan fingerprint density at radius 2 is 2.00 bits per heavy atom. The molecule has 10 heteroatoms. The van der Waals surface area contributed by atoms with E-state index in [-0.39, 0.29) is 11.3 Å². The second-order valence-electron chi connectivity index (χ2n) is 4.71. The van der Waals surface area contributed by atoms with Gasteiger partial charge in [-0.05, 0) is 29.8 Å². The van der Waals surface area contributed by atoms with E-state index in [0.717, 1.165) is 12.1 Å². The molecule has 0 aliphatic heterocycles. The van der Waals surface area contributed by atoms with Gasteiger partial charge in [-0.1, -0.05) is 6.07 Å². The Morgan fingerprint density at radius 3 is 2.60 bits per heavy atom. The van der Waals surface area contributed by atoms with Crippen LogP contribution in [0.25, 0.3) is 0 Å². The zero-order valence-electron chi connectivity index (χ0n) is 12.7. The summed E-state index contributed by atoms with van der Waals surface area (Å²) in [6.45, 7) is -0.439. The average Bonchev–Trinajstić information content (AvgIpc) is 2.53. The molecule has 1 heterocycles. The number of aliphatic imine (C=N–C) groups is 1. The lowest BCUT2D eigenvalue weighted by Crippen LogP contribution is -2.24. The summed E-state index contributed by atoms with van der Waals surface area (Å²) in [4.78, 5) is 18.1. The van der Waals surface area contributed by atoms with Crippen LogP contribution in [-0.2, 0) is 17.5 Å². The summed E-state index contributed by atoms with van der Waals surface area (Å²) >= 11 is 0. The molecule has 0 saturated heterocycles. The van der Waals surface area contributed by atoms with E-state index in [2.05, 4.69) is 14.7 Å². The van der Waals surface area contributed by atoms with Gasteiger partial charge in [-0.15, -0.1) is 4.99 Å². The summed E-state index contributed by atoms with van der Waals surface area (Å²) < 4.78 is 49.6. The van der Waals surface area contributed by atoms with E-state index < -0.39 is 36.1 Å². The number of ether oxygens (including phenoxy) is 2. The predicted molar refractivity (Wildman–Crippen MR) is 81.7 cm³/mol. The number of nitrogens with zero attached hydrogens (tertiary/aromatic N) is 2. The average molecular weight is 354 g/mol. The Labute approximate surface area is 140 Å². The zero-order chi connectivity index (χ0) is 18.4. The van der Waals surface area contributed by atoms with Crippen LogP contribution < -0.4 is 16.2 Å². The number of pyridine rings is 1. The first-order valence-corrected chi connectivity index (χ1v) is 6.80. The molecule has 0 saturated carbocycles. The Hall–Kier alpha value is -3.30. The largest absolute Gasteiger partial charge is 0.455 e. The molecule has 7 nitrogen and oxygen atoms in total. The van der Waals surface area contributed by atoms with Crippen molar-refractivity contribution in [1.29, 1.82) is 0 Å². The Morgan fingerprint density at radius 1 is 1.24 bits per heavy atom. The smallest absolute Gasteiger partial charge is 0.437 e. The molecule has 132 valence electrons. The van der Waals surface area contributed by atoms with E-state index in [1.807, 2.05) is 0 Å². The minimum absolute atomic E-state index is 0.0880. The fourth-order valence-corrected chi connectivity index (χ4v) is 1.79. The summed E-state index contributed by atoms with van der Waals surface area (Å²) in [5.41, 5.74) is 9.05. The van der Waals surface area contributed by atoms with E-state index >= 15 is 0 Å². The van der Waals surface area contributed by atoms with Crippen LogP contribution in [0.2, 0.25) is 0 Å². The van der Waals surface area contributed by atoms with Crippen molar-refractivity contribution in [3.05, 3.63) is 53.9 Å². The van der Waals surface area contributed by atoms with Crippen molar-refractivity contribution in [1.82, 2.24) is 4.98 Å². The topological polar surface area (TPSA) is 113 Å². The van der Waals surface area contributed by atoms with E-state index in [0.29, 0.717) is 0 Å². The highest BCUT2D eigenvalue weighted by Crippen LogP contribution is 2.38. The molecule has 1 aromatic heterocycles. The van der Waals surface area contributed by atoms with E-state index in [9.17, 15) is 18.0 Å². The summed E-state index contributed by atoms with van der Waals surface area (Å²) in [6.07, 6.45) is -3.03.